The number of rotatable bonds is 2. The van der Waals surface area contributed by atoms with Gasteiger partial charge in [0.2, 0.25) is 0 Å². The van der Waals surface area contributed by atoms with E-state index in [-0.39, 0.29) is 17.7 Å². The van der Waals surface area contributed by atoms with Crippen LogP contribution in [0.5, 0.6) is 0 Å². The highest BCUT2D eigenvalue weighted by Gasteiger charge is 2.49. The Labute approximate surface area is 124 Å². The molecule has 0 aromatic rings. The number of nitrogens with zero attached hydrogens (tertiary/aromatic N) is 1. The van der Waals surface area contributed by atoms with Crippen LogP contribution in [-0.2, 0) is 9.53 Å². The third-order valence-electron chi connectivity index (χ3n) is 5.53. The Morgan fingerprint density at radius 2 is 1.90 bits per heavy atom. The van der Waals surface area contributed by atoms with E-state index in [9.17, 15) is 14.7 Å². The van der Waals surface area contributed by atoms with E-state index in [0.29, 0.717) is 19.4 Å². The van der Waals surface area contributed by atoms with Crippen molar-refractivity contribution in [2.45, 2.75) is 57.1 Å². The minimum Gasteiger partial charge on any atom is -0.481 e. The molecule has 118 valence electrons. The molecule has 2 saturated heterocycles. The summed E-state index contributed by atoms with van der Waals surface area (Å²) in [6.07, 6.45) is 4.31. The van der Waals surface area contributed by atoms with Crippen LogP contribution in [0.2, 0.25) is 0 Å². The lowest BCUT2D eigenvalue weighted by Crippen LogP contribution is -2.47. The summed E-state index contributed by atoms with van der Waals surface area (Å²) < 4.78 is 5.69. The molecule has 2 aliphatic heterocycles. The predicted octanol–water partition coefficient (Wildman–Crippen LogP) is 1.59. The second kappa shape index (κ2) is 5.16. The summed E-state index contributed by atoms with van der Waals surface area (Å²) in [5.74, 6) is -0.722. The SMILES string of the molecule is CC1(C(=O)O)CCC(N2CC3(CCNCC3)OC2=O)CC1. The van der Waals surface area contributed by atoms with E-state index >= 15 is 0 Å². The van der Waals surface area contributed by atoms with Crippen molar-refractivity contribution in [1.82, 2.24) is 10.2 Å². The number of carboxylic acid groups (broad SMARTS) is 1. The lowest BCUT2D eigenvalue weighted by Gasteiger charge is -2.38. The van der Waals surface area contributed by atoms with Gasteiger partial charge in [0.15, 0.2) is 0 Å². The van der Waals surface area contributed by atoms with Crippen molar-refractivity contribution in [2.24, 2.45) is 5.41 Å². The van der Waals surface area contributed by atoms with Crippen LogP contribution in [-0.4, -0.2) is 53.3 Å². The Kier molecular flexibility index (Phi) is 3.59. The van der Waals surface area contributed by atoms with Gasteiger partial charge in [-0.15, -0.1) is 0 Å². The molecule has 0 aromatic carbocycles. The van der Waals surface area contributed by atoms with E-state index in [4.69, 9.17) is 4.74 Å². The maximum atomic E-state index is 12.2. The third-order valence-corrected chi connectivity index (χ3v) is 5.53. The molecule has 6 heteroatoms. The Balaban J connectivity index is 1.63. The number of carboxylic acids is 1. The van der Waals surface area contributed by atoms with Crippen molar-refractivity contribution < 1.29 is 19.4 Å². The number of carbonyl (C=O) groups is 2. The van der Waals surface area contributed by atoms with E-state index in [2.05, 4.69) is 5.32 Å². The van der Waals surface area contributed by atoms with Crippen molar-refractivity contribution in [2.75, 3.05) is 19.6 Å². The quantitative estimate of drug-likeness (QED) is 0.809. The lowest BCUT2D eigenvalue weighted by molar-refractivity contribution is -0.150. The smallest absolute Gasteiger partial charge is 0.410 e. The maximum absolute atomic E-state index is 12.2. The van der Waals surface area contributed by atoms with Crippen LogP contribution in [0.1, 0.15) is 45.4 Å². The molecule has 0 unspecified atom stereocenters. The van der Waals surface area contributed by atoms with Crippen molar-refractivity contribution in [3.05, 3.63) is 0 Å². The highest BCUT2D eigenvalue weighted by molar-refractivity contribution is 5.74. The molecule has 3 aliphatic rings. The molecule has 1 spiro atoms. The topological polar surface area (TPSA) is 78.9 Å². The van der Waals surface area contributed by atoms with Crippen molar-refractivity contribution >= 4 is 12.1 Å². The van der Waals surface area contributed by atoms with E-state index in [0.717, 1.165) is 38.8 Å². The van der Waals surface area contributed by atoms with Crippen LogP contribution in [0.3, 0.4) is 0 Å². The third kappa shape index (κ3) is 2.61. The molecule has 1 amide bonds. The van der Waals surface area contributed by atoms with E-state index in [1.807, 2.05) is 11.8 Å². The molecule has 0 aromatic heterocycles. The van der Waals surface area contributed by atoms with Gasteiger partial charge in [-0.25, -0.2) is 4.79 Å². The van der Waals surface area contributed by atoms with Gasteiger partial charge < -0.3 is 20.1 Å². The number of hydrogen-bond donors (Lipinski definition) is 2. The number of amides is 1. The maximum Gasteiger partial charge on any atom is 0.410 e. The van der Waals surface area contributed by atoms with Gasteiger partial charge in [-0.05, 0) is 45.7 Å². The van der Waals surface area contributed by atoms with Crippen LogP contribution in [0.4, 0.5) is 4.79 Å². The first-order chi connectivity index (χ1) is 9.94. The minimum absolute atomic E-state index is 0.138. The molecule has 3 fully saturated rings. The first-order valence-electron chi connectivity index (χ1n) is 7.88. The molecule has 0 radical (unpaired) electrons. The van der Waals surface area contributed by atoms with Gasteiger partial charge in [-0.3, -0.25) is 4.79 Å². The van der Waals surface area contributed by atoms with Gasteiger partial charge in [-0.1, -0.05) is 0 Å². The fraction of sp³-hybridized carbons (Fsp3) is 0.867. The Morgan fingerprint density at radius 3 is 2.48 bits per heavy atom. The van der Waals surface area contributed by atoms with E-state index in [1.165, 1.54) is 0 Å². The van der Waals surface area contributed by atoms with Gasteiger partial charge in [0, 0.05) is 18.9 Å². The monoisotopic (exact) mass is 296 g/mol. The zero-order valence-corrected chi connectivity index (χ0v) is 12.6. The summed E-state index contributed by atoms with van der Waals surface area (Å²) in [5.41, 5.74) is -0.942. The minimum atomic E-state index is -0.722. The largest absolute Gasteiger partial charge is 0.481 e. The second-order valence-electron chi connectivity index (χ2n) is 7.03. The van der Waals surface area contributed by atoms with Crippen molar-refractivity contribution in [3.8, 4) is 0 Å². The molecule has 21 heavy (non-hydrogen) atoms. The number of hydrogen-bond acceptors (Lipinski definition) is 4. The fourth-order valence-corrected chi connectivity index (χ4v) is 3.84. The van der Waals surface area contributed by atoms with Gasteiger partial charge >= 0.3 is 12.1 Å². The molecule has 6 nitrogen and oxygen atoms in total. The van der Waals surface area contributed by atoms with Crippen molar-refractivity contribution in [1.29, 1.82) is 0 Å². The predicted molar refractivity (Wildman–Crippen MR) is 76.0 cm³/mol. The molecule has 1 saturated carbocycles. The summed E-state index contributed by atoms with van der Waals surface area (Å²) in [5, 5.41) is 12.6. The summed E-state index contributed by atoms with van der Waals surface area (Å²) in [6, 6.07) is 0.138. The molecule has 0 atom stereocenters. The highest BCUT2D eigenvalue weighted by atomic mass is 16.6. The first-order valence-corrected chi connectivity index (χ1v) is 7.88. The number of piperidine rings is 1. The van der Waals surface area contributed by atoms with Gasteiger partial charge in [-0.2, -0.15) is 0 Å². The molecular formula is C15H24N2O4. The molecule has 1 aliphatic carbocycles. The standard InChI is InChI=1S/C15H24N2O4/c1-14(12(18)19)4-2-11(3-5-14)17-10-15(21-13(17)20)6-8-16-9-7-15/h11,16H,2-10H2,1H3,(H,18,19). The summed E-state index contributed by atoms with van der Waals surface area (Å²) in [4.78, 5) is 25.4. The lowest BCUT2D eigenvalue weighted by atomic mass is 9.73. The average Bonchev–Trinajstić information content (AvgIpc) is 2.77. The average molecular weight is 296 g/mol. The van der Waals surface area contributed by atoms with Gasteiger partial charge in [0.25, 0.3) is 0 Å². The molecule has 0 bridgehead atoms. The summed E-state index contributed by atoms with van der Waals surface area (Å²) in [7, 11) is 0. The normalized spacial score (nSPS) is 35.8. The Hall–Kier alpha value is -1.30. The van der Waals surface area contributed by atoms with E-state index < -0.39 is 11.4 Å². The number of ether oxygens (including phenoxy) is 1. The van der Waals surface area contributed by atoms with Crippen molar-refractivity contribution in [3.63, 3.8) is 0 Å². The van der Waals surface area contributed by atoms with Crippen LogP contribution in [0, 0.1) is 5.41 Å². The number of nitrogens with one attached hydrogen (secondary N) is 1. The van der Waals surface area contributed by atoms with Crippen LogP contribution in [0.25, 0.3) is 0 Å². The zero-order valence-electron chi connectivity index (χ0n) is 12.6. The Morgan fingerprint density at radius 1 is 1.29 bits per heavy atom. The van der Waals surface area contributed by atoms with E-state index in [1.54, 1.807) is 0 Å². The fourth-order valence-electron chi connectivity index (χ4n) is 3.84. The first kappa shape index (κ1) is 14.6. The van der Waals surface area contributed by atoms with Crippen LogP contribution < -0.4 is 5.32 Å². The van der Waals surface area contributed by atoms with Gasteiger partial charge in [0.05, 0.1) is 12.0 Å². The molecular weight excluding hydrogens is 272 g/mol. The zero-order chi connectivity index (χ0) is 15.1. The number of carbonyl (C=O) groups excluding carboxylic acids is 1. The van der Waals surface area contributed by atoms with Gasteiger partial charge in [0.1, 0.15) is 5.60 Å². The summed E-state index contributed by atoms with van der Waals surface area (Å²) >= 11 is 0. The Bertz CT molecular complexity index is 437. The molecule has 2 heterocycles. The van der Waals surface area contributed by atoms with Crippen LogP contribution in [0.15, 0.2) is 0 Å². The highest BCUT2D eigenvalue weighted by Crippen LogP contribution is 2.41. The molecule has 3 rings (SSSR count). The second-order valence-corrected chi connectivity index (χ2v) is 7.03. The van der Waals surface area contributed by atoms with Crippen LogP contribution >= 0.6 is 0 Å². The number of aliphatic carboxylic acids is 1. The molecule has 2 N–H and O–H groups in total. The summed E-state index contributed by atoms with van der Waals surface area (Å²) in [6.45, 7) is 4.26.